The molecule has 0 aromatic heterocycles. The molecule has 0 spiro atoms. The molecule has 2 aromatic rings. The Morgan fingerprint density at radius 2 is 1.72 bits per heavy atom. The van der Waals surface area contributed by atoms with Gasteiger partial charge in [-0.3, -0.25) is 4.79 Å². The van der Waals surface area contributed by atoms with Gasteiger partial charge in [-0.2, -0.15) is 13.2 Å². The maximum absolute atomic E-state index is 12.1. The Hall–Kier alpha value is -2.38. The fourth-order valence-electron chi connectivity index (χ4n) is 2.19. The van der Waals surface area contributed by atoms with Gasteiger partial charge in [-0.25, -0.2) is 0 Å². The van der Waals surface area contributed by atoms with E-state index in [1.807, 2.05) is 0 Å². The van der Waals surface area contributed by atoms with Crippen LogP contribution in [0.1, 0.15) is 27.0 Å². The highest BCUT2D eigenvalue weighted by molar-refractivity contribution is 5.94. The SMILES string of the molecule is NCc1ccc(C(=O)NCc2cccc(COCC(F)(F)F)c2)cc1. The Bertz CT molecular complexity index is 700. The van der Waals surface area contributed by atoms with E-state index in [-0.39, 0.29) is 19.1 Å². The predicted octanol–water partition coefficient (Wildman–Crippen LogP) is 3.15. The zero-order valence-corrected chi connectivity index (χ0v) is 13.5. The van der Waals surface area contributed by atoms with Gasteiger partial charge in [0.1, 0.15) is 6.61 Å². The summed E-state index contributed by atoms with van der Waals surface area (Å²) in [6, 6.07) is 13.8. The number of alkyl halides is 3. The molecule has 7 heteroatoms. The van der Waals surface area contributed by atoms with Crippen molar-refractivity contribution in [2.75, 3.05) is 6.61 Å². The summed E-state index contributed by atoms with van der Waals surface area (Å²) < 4.78 is 40.9. The Labute approximate surface area is 143 Å². The molecule has 134 valence electrons. The summed E-state index contributed by atoms with van der Waals surface area (Å²) in [7, 11) is 0. The lowest BCUT2D eigenvalue weighted by atomic mass is 10.1. The average molecular weight is 352 g/mol. The van der Waals surface area contributed by atoms with Crippen molar-refractivity contribution in [3.63, 3.8) is 0 Å². The molecule has 0 atom stereocenters. The first kappa shape index (κ1) is 19.0. The number of nitrogens with one attached hydrogen (secondary N) is 1. The van der Waals surface area contributed by atoms with Crippen molar-refractivity contribution < 1.29 is 22.7 Å². The smallest absolute Gasteiger partial charge is 0.367 e. The summed E-state index contributed by atoms with van der Waals surface area (Å²) in [4.78, 5) is 12.1. The number of rotatable bonds is 7. The Morgan fingerprint density at radius 3 is 2.36 bits per heavy atom. The molecule has 0 fully saturated rings. The van der Waals surface area contributed by atoms with E-state index in [0.29, 0.717) is 17.7 Å². The van der Waals surface area contributed by atoms with Crippen LogP contribution >= 0.6 is 0 Å². The number of ether oxygens (including phenoxy) is 1. The third kappa shape index (κ3) is 6.56. The predicted molar refractivity (Wildman–Crippen MR) is 87.7 cm³/mol. The van der Waals surface area contributed by atoms with E-state index >= 15 is 0 Å². The summed E-state index contributed by atoms with van der Waals surface area (Å²) in [5.41, 5.74) is 8.35. The first-order chi connectivity index (χ1) is 11.9. The molecule has 0 aliphatic rings. The number of nitrogens with two attached hydrogens (primary N) is 1. The quantitative estimate of drug-likeness (QED) is 0.805. The molecule has 3 N–H and O–H groups in total. The Balaban J connectivity index is 1.87. The molecule has 0 saturated carbocycles. The van der Waals surface area contributed by atoms with Gasteiger partial charge in [-0.1, -0.05) is 36.4 Å². The fraction of sp³-hybridized carbons (Fsp3) is 0.278. The van der Waals surface area contributed by atoms with Crippen molar-refractivity contribution in [1.82, 2.24) is 5.32 Å². The molecule has 0 unspecified atom stereocenters. The lowest BCUT2D eigenvalue weighted by Gasteiger charge is -2.10. The minimum absolute atomic E-state index is 0.137. The number of amides is 1. The highest BCUT2D eigenvalue weighted by Crippen LogP contribution is 2.16. The van der Waals surface area contributed by atoms with Crippen LogP contribution in [-0.2, 0) is 24.4 Å². The molecule has 0 aliphatic heterocycles. The van der Waals surface area contributed by atoms with Gasteiger partial charge >= 0.3 is 6.18 Å². The maximum atomic E-state index is 12.1. The molecular formula is C18H19F3N2O2. The van der Waals surface area contributed by atoms with Crippen LogP contribution in [0.15, 0.2) is 48.5 Å². The minimum Gasteiger partial charge on any atom is -0.367 e. The number of carbonyl (C=O) groups is 1. The summed E-state index contributed by atoms with van der Waals surface area (Å²) in [6.07, 6.45) is -4.34. The van der Waals surface area contributed by atoms with Crippen LogP contribution < -0.4 is 11.1 Å². The number of halogens is 3. The summed E-state index contributed by atoms with van der Waals surface area (Å²) in [6.45, 7) is -0.746. The maximum Gasteiger partial charge on any atom is 0.411 e. The fourth-order valence-corrected chi connectivity index (χ4v) is 2.19. The molecule has 0 saturated heterocycles. The number of carbonyl (C=O) groups excluding carboxylic acids is 1. The summed E-state index contributed by atoms with van der Waals surface area (Å²) >= 11 is 0. The van der Waals surface area contributed by atoms with Crippen LogP contribution in [0, 0.1) is 0 Å². The second-order valence-electron chi connectivity index (χ2n) is 5.51. The summed E-state index contributed by atoms with van der Waals surface area (Å²) in [5, 5.41) is 2.77. The molecule has 0 heterocycles. The first-order valence-electron chi connectivity index (χ1n) is 7.67. The number of hydrogen-bond donors (Lipinski definition) is 2. The highest BCUT2D eigenvalue weighted by atomic mass is 19.4. The van der Waals surface area contributed by atoms with E-state index in [9.17, 15) is 18.0 Å². The van der Waals surface area contributed by atoms with Gasteiger partial charge in [-0.05, 0) is 28.8 Å². The Morgan fingerprint density at radius 1 is 1.04 bits per heavy atom. The van der Waals surface area contributed by atoms with Crippen molar-refractivity contribution in [2.45, 2.75) is 25.9 Å². The van der Waals surface area contributed by atoms with Crippen molar-refractivity contribution in [3.05, 3.63) is 70.8 Å². The molecule has 2 rings (SSSR count). The van der Waals surface area contributed by atoms with E-state index in [4.69, 9.17) is 5.73 Å². The van der Waals surface area contributed by atoms with Crippen LogP contribution in [-0.4, -0.2) is 18.7 Å². The molecule has 2 aromatic carbocycles. The molecule has 4 nitrogen and oxygen atoms in total. The van der Waals surface area contributed by atoms with Gasteiger partial charge in [0.25, 0.3) is 5.91 Å². The van der Waals surface area contributed by atoms with E-state index in [0.717, 1.165) is 11.1 Å². The molecule has 0 bridgehead atoms. The average Bonchev–Trinajstić information content (AvgIpc) is 2.59. The zero-order chi connectivity index (χ0) is 18.3. The van der Waals surface area contributed by atoms with Crippen molar-refractivity contribution in [3.8, 4) is 0 Å². The third-order valence-corrected chi connectivity index (χ3v) is 3.43. The molecule has 0 radical (unpaired) electrons. The monoisotopic (exact) mass is 352 g/mol. The van der Waals surface area contributed by atoms with Crippen molar-refractivity contribution in [1.29, 1.82) is 0 Å². The van der Waals surface area contributed by atoms with Crippen LogP contribution in [0.2, 0.25) is 0 Å². The minimum atomic E-state index is -4.34. The van der Waals surface area contributed by atoms with Gasteiger partial charge < -0.3 is 15.8 Å². The second-order valence-corrected chi connectivity index (χ2v) is 5.51. The second kappa shape index (κ2) is 8.64. The molecule has 1 amide bonds. The Kier molecular flexibility index (Phi) is 6.55. The molecular weight excluding hydrogens is 333 g/mol. The van der Waals surface area contributed by atoms with Gasteiger partial charge in [0.05, 0.1) is 6.61 Å². The first-order valence-corrected chi connectivity index (χ1v) is 7.67. The van der Waals surface area contributed by atoms with E-state index in [1.54, 1.807) is 48.5 Å². The van der Waals surface area contributed by atoms with E-state index in [2.05, 4.69) is 10.1 Å². The lowest BCUT2D eigenvalue weighted by molar-refractivity contribution is -0.176. The zero-order valence-electron chi connectivity index (χ0n) is 13.5. The number of hydrogen-bond acceptors (Lipinski definition) is 3. The third-order valence-electron chi connectivity index (χ3n) is 3.43. The van der Waals surface area contributed by atoms with Crippen LogP contribution in [0.4, 0.5) is 13.2 Å². The van der Waals surface area contributed by atoms with Crippen LogP contribution in [0.3, 0.4) is 0 Å². The van der Waals surface area contributed by atoms with E-state index in [1.165, 1.54) is 0 Å². The van der Waals surface area contributed by atoms with Crippen molar-refractivity contribution >= 4 is 5.91 Å². The normalized spacial score (nSPS) is 11.4. The van der Waals surface area contributed by atoms with Crippen molar-refractivity contribution in [2.24, 2.45) is 5.73 Å². The highest BCUT2D eigenvalue weighted by Gasteiger charge is 2.27. The van der Waals surface area contributed by atoms with Gasteiger partial charge in [0.15, 0.2) is 0 Å². The standard InChI is InChI=1S/C18H19F3N2O2/c19-18(20,21)12-25-11-15-3-1-2-14(8-15)10-23-17(24)16-6-4-13(9-22)5-7-16/h1-8H,9-12,22H2,(H,23,24). The van der Waals surface area contributed by atoms with Crippen LogP contribution in [0.25, 0.3) is 0 Å². The number of benzene rings is 2. The topological polar surface area (TPSA) is 64.4 Å². The van der Waals surface area contributed by atoms with Gasteiger partial charge in [-0.15, -0.1) is 0 Å². The van der Waals surface area contributed by atoms with E-state index < -0.39 is 12.8 Å². The van der Waals surface area contributed by atoms with Crippen LogP contribution in [0.5, 0.6) is 0 Å². The lowest BCUT2D eigenvalue weighted by Crippen LogP contribution is -2.22. The molecule has 0 aliphatic carbocycles. The van der Waals surface area contributed by atoms with Gasteiger partial charge in [0.2, 0.25) is 0 Å². The van der Waals surface area contributed by atoms with Gasteiger partial charge in [0, 0.05) is 18.7 Å². The summed E-state index contributed by atoms with van der Waals surface area (Å²) in [5.74, 6) is -0.234. The largest absolute Gasteiger partial charge is 0.411 e. The molecule has 25 heavy (non-hydrogen) atoms.